The Hall–Kier alpha value is -1.01. The molecule has 0 radical (unpaired) electrons. The Morgan fingerprint density at radius 3 is 2.35 bits per heavy atom. The highest BCUT2D eigenvalue weighted by atomic mass is 35.5. The Kier molecular flexibility index (Phi) is 5.65. The number of likely N-dealkylation sites (tertiary alicyclic amines) is 1. The molecule has 1 saturated heterocycles. The van der Waals surface area contributed by atoms with Gasteiger partial charge in [-0.05, 0) is 33.6 Å². The van der Waals surface area contributed by atoms with E-state index in [1.54, 1.807) is 4.90 Å². The highest BCUT2D eigenvalue weighted by Crippen LogP contribution is 2.23. The van der Waals surface area contributed by atoms with E-state index >= 15 is 0 Å². The Morgan fingerprint density at radius 1 is 1.35 bits per heavy atom. The van der Waals surface area contributed by atoms with E-state index in [4.69, 9.17) is 16.3 Å². The molecular weight excluding hydrogens is 284 g/mol. The van der Waals surface area contributed by atoms with Crippen LogP contribution in [-0.2, 0) is 9.53 Å². The number of aliphatic hydroxyl groups is 1. The van der Waals surface area contributed by atoms with Gasteiger partial charge in [0.05, 0.1) is 5.60 Å². The average Bonchev–Trinajstić information content (AvgIpc) is 2.34. The van der Waals surface area contributed by atoms with Crippen molar-refractivity contribution < 1.29 is 19.4 Å². The summed E-state index contributed by atoms with van der Waals surface area (Å²) in [5.74, 6) is -0.435. The number of halogens is 1. The Morgan fingerprint density at radius 2 is 1.90 bits per heavy atom. The number of alkyl halides is 1. The smallest absolute Gasteiger partial charge is 0.410 e. The largest absolute Gasteiger partial charge is 0.444 e. The molecule has 0 aromatic rings. The quantitative estimate of drug-likeness (QED) is 0.765. The Balaban J connectivity index is 2.42. The number of hydrogen-bond acceptors (Lipinski definition) is 4. The molecule has 1 rings (SSSR count). The van der Waals surface area contributed by atoms with Crippen LogP contribution in [-0.4, -0.2) is 58.7 Å². The molecule has 1 aliphatic rings. The first kappa shape index (κ1) is 17.0. The molecule has 0 spiro atoms. The summed E-state index contributed by atoms with van der Waals surface area (Å²) in [5.41, 5.74) is -1.51. The molecule has 6 nitrogen and oxygen atoms in total. The standard InChI is InChI=1S/C13H23ClN2O4/c1-12(2,3)20-11(18)16-6-4-13(19,5-7-16)9-15-10(17)8-14/h19H,4-9H2,1-3H3,(H,15,17). The number of rotatable bonds is 3. The van der Waals surface area contributed by atoms with Gasteiger partial charge in [0, 0.05) is 19.6 Å². The topological polar surface area (TPSA) is 78.9 Å². The van der Waals surface area contributed by atoms with E-state index in [1.807, 2.05) is 20.8 Å². The minimum absolute atomic E-state index is 0.125. The summed E-state index contributed by atoms with van der Waals surface area (Å²) in [6.07, 6.45) is 0.424. The SMILES string of the molecule is CC(C)(C)OC(=O)N1CCC(O)(CNC(=O)CCl)CC1. The average molecular weight is 307 g/mol. The first-order chi connectivity index (χ1) is 9.15. The second-order valence-electron chi connectivity index (χ2n) is 6.10. The van der Waals surface area contributed by atoms with Gasteiger partial charge < -0.3 is 20.1 Å². The summed E-state index contributed by atoms with van der Waals surface area (Å²) in [6, 6.07) is 0. The summed E-state index contributed by atoms with van der Waals surface area (Å²) in [6.45, 7) is 6.40. The molecule has 1 aliphatic heterocycles. The summed E-state index contributed by atoms with van der Waals surface area (Å²) in [7, 11) is 0. The summed E-state index contributed by atoms with van der Waals surface area (Å²) in [4.78, 5) is 24.5. The van der Waals surface area contributed by atoms with Crippen LogP contribution in [0.4, 0.5) is 4.79 Å². The fourth-order valence-corrected chi connectivity index (χ4v) is 2.01. The van der Waals surface area contributed by atoms with Crippen LogP contribution in [0, 0.1) is 0 Å². The fraction of sp³-hybridized carbons (Fsp3) is 0.846. The summed E-state index contributed by atoms with van der Waals surface area (Å²) >= 11 is 5.38. The van der Waals surface area contributed by atoms with Crippen LogP contribution in [0.3, 0.4) is 0 Å². The van der Waals surface area contributed by atoms with Crippen molar-refractivity contribution >= 4 is 23.6 Å². The third-order valence-corrected chi connectivity index (χ3v) is 3.32. The molecule has 1 heterocycles. The maximum Gasteiger partial charge on any atom is 0.410 e. The van der Waals surface area contributed by atoms with Crippen molar-refractivity contribution in [2.75, 3.05) is 25.5 Å². The van der Waals surface area contributed by atoms with Crippen molar-refractivity contribution in [3.8, 4) is 0 Å². The minimum atomic E-state index is -0.986. The van der Waals surface area contributed by atoms with Crippen LogP contribution >= 0.6 is 11.6 Å². The van der Waals surface area contributed by atoms with E-state index in [1.165, 1.54) is 0 Å². The minimum Gasteiger partial charge on any atom is -0.444 e. The van der Waals surface area contributed by atoms with Gasteiger partial charge in [-0.3, -0.25) is 4.79 Å². The lowest BCUT2D eigenvalue weighted by molar-refractivity contribution is -0.120. The van der Waals surface area contributed by atoms with Gasteiger partial charge in [-0.15, -0.1) is 11.6 Å². The fourth-order valence-electron chi connectivity index (χ4n) is 1.92. The summed E-state index contributed by atoms with van der Waals surface area (Å²) in [5, 5.41) is 12.9. The van der Waals surface area contributed by atoms with E-state index in [9.17, 15) is 14.7 Å². The van der Waals surface area contributed by atoms with Gasteiger partial charge in [-0.25, -0.2) is 4.79 Å². The van der Waals surface area contributed by atoms with Gasteiger partial charge in [0.1, 0.15) is 11.5 Å². The van der Waals surface area contributed by atoms with Crippen molar-refractivity contribution in [3.63, 3.8) is 0 Å². The molecule has 0 aromatic carbocycles. The predicted octanol–water partition coefficient (Wildman–Crippen LogP) is 1.10. The molecule has 20 heavy (non-hydrogen) atoms. The molecule has 2 N–H and O–H groups in total. The monoisotopic (exact) mass is 306 g/mol. The molecule has 0 aromatic heterocycles. The normalized spacial score (nSPS) is 18.6. The zero-order chi connectivity index (χ0) is 15.4. The van der Waals surface area contributed by atoms with Crippen LogP contribution in [0.25, 0.3) is 0 Å². The van der Waals surface area contributed by atoms with Gasteiger partial charge in [0.25, 0.3) is 0 Å². The lowest BCUT2D eigenvalue weighted by atomic mass is 9.91. The van der Waals surface area contributed by atoms with E-state index in [2.05, 4.69) is 5.32 Å². The second-order valence-corrected chi connectivity index (χ2v) is 6.37. The molecule has 0 bridgehead atoms. The zero-order valence-electron chi connectivity index (χ0n) is 12.2. The molecule has 0 aliphatic carbocycles. The molecule has 0 atom stereocenters. The Bertz CT molecular complexity index is 360. The molecule has 0 saturated carbocycles. The van der Waals surface area contributed by atoms with E-state index < -0.39 is 11.2 Å². The van der Waals surface area contributed by atoms with Crippen molar-refractivity contribution in [2.24, 2.45) is 0 Å². The maximum atomic E-state index is 11.9. The van der Waals surface area contributed by atoms with Gasteiger partial charge in [0.15, 0.2) is 0 Å². The lowest BCUT2D eigenvalue weighted by Gasteiger charge is -2.38. The molecule has 1 fully saturated rings. The van der Waals surface area contributed by atoms with Crippen LogP contribution in [0.2, 0.25) is 0 Å². The third-order valence-electron chi connectivity index (χ3n) is 3.08. The zero-order valence-corrected chi connectivity index (χ0v) is 13.0. The number of carbonyl (C=O) groups excluding carboxylic acids is 2. The predicted molar refractivity (Wildman–Crippen MR) is 75.7 cm³/mol. The third kappa shape index (κ3) is 5.54. The van der Waals surface area contributed by atoms with Crippen molar-refractivity contribution in [1.29, 1.82) is 0 Å². The second kappa shape index (κ2) is 6.63. The van der Waals surface area contributed by atoms with Crippen LogP contribution in [0.1, 0.15) is 33.6 Å². The number of carbonyl (C=O) groups is 2. The molecule has 116 valence electrons. The van der Waals surface area contributed by atoms with E-state index in [-0.39, 0.29) is 24.4 Å². The highest BCUT2D eigenvalue weighted by molar-refractivity contribution is 6.27. The maximum absolute atomic E-state index is 11.9. The Labute approximate surface area is 124 Å². The highest BCUT2D eigenvalue weighted by Gasteiger charge is 2.35. The number of amides is 2. The van der Waals surface area contributed by atoms with Gasteiger partial charge in [-0.1, -0.05) is 0 Å². The first-order valence-electron chi connectivity index (χ1n) is 6.68. The number of nitrogens with one attached hydrogen (secondary N) is 1. The van der Waals surface area contributed by atoms with Crippen LogP contribution in [0.15, 0.2) is 0 Å². The number of nitrogens with zero attached hydrogens (tertiary/aromatic N) is 1. The van der Waals surface area contributed by atoms with E-state index in [0.717, 1.165) is 0 Å². The van der Waals surface area contributed by atoms with Crippen molar-refractivity contribution in [2.45, 2.75) is 44.8 Å². The lowest BCUT2D eigenvalue weighted by Crippen LogP contribution is -2.52. The van der Waals surface area contributed by atoms with Crippen LogP contribution < -0.4 is 5.32 Å². The van der Waals surface area contributed by atoms with Gasteiger partial charge in [0.2, 0.25) is 5.91 Å². The molecule has 7 heteroatoms. The number of hydrogen-bond donors (Lipinski definition) is 2. The number of ether oxygens (including phenoxy) is 1. The molecular formula is C13H23ClN2O4. The number of piperidine rings is 1. The first-order valence-corrected chi connectivity index (χ1v) is 7.22. The molecule has 2 amide bonds. The van der Waals surface area contributed by atoms with Crippen molar-refractivity contribution in [1.82, 2.24) is 10.2 Å². The van der Waals surface area contributed by atoms with Gasteiger partial charge in [-0.2, -0.15) is 0 Å². The van der Waals surface area contributed by atoms with E-state index in [0.29, 0.717) is 25.9 Å². The summed E-state index contributed by atoms with van der Waals surface area (Å²) < 4.78 is 5.28. The van der Waals surface area contributed by atoms with Gasteiger partial charge >= 0.3 is 6.09 Å². The molecule has 0 unspecified atom stereocenters. The van der Waals surface area contributed by atoms with Crippen LogP contribution in [0.5, 0.6) is 0 Å². The van der Waals surface area contributed by atoms with Crippen molar-refractivity contribution in [3.05, 3.63) is 0 Å².